The summed E-state index contributed by atoms with van der Waals surface area (Å²) in [6.07, 6.45) is 3.21. The van der Waals surface area contributed by atoms with Gasteiger partial charge >= 0.3 is 0 Å². The zero-order valence-electron chi connectivity index (χ0n) is 13.2. The van der Waals surface area contributed by atoms with E-state index in [0.29, 0.717) is 6.61 Å². The molecule has 0 spiro atoms. The first kappa shape index (κ1) is 16.1. The minimum Gasteiger partial charge on any atom is -0.490 e. The predicted molar refractivity (Wildman–Crippen MR) is 84.2 cm³/mol. The van der Waals surface area contributed by atoms with Crippen LogP contribution in [-0.4, -0.2) is 33.0 Å². The summed E-state index contributed by atoms with van der Waals surface area (Å²) >= 11 is 0. The minimum absolute atomic E-state index is 0.198. The Labute approximate surface area is 127 Å². The monoisotopic (exact) mass is 293 g/mol. The van der Waals surface area contributed by atoms with E-state index in [9.17, 15) is 0 Å². The van der Waals surface area contributed by atoms with Crippen molar-refractivity contribution in [1.82, 2.24) is 5.32 Å². The maximum absolute atomic E-state index is 5.78. The molecule has 1 aromatic rings. The molecule has 0 saturated heterocycles. The van der Waals surface area contributed by atoms with Gasteiger partial charge in [-0.15, -0.1) is 0 Å². The van der Waals surface area contributed by atoms with Gasteiger partial charge in [-0.1, -0.05) is 26.3 Å². The second-order valence-corrected chi connectivity index (χ2v) is 5.30. The zero-order chi connectivity index (χ0) is 14.9. The van der Waals surface area contributed by atoms with E-state index in [2.05, 4.69) is 31.3 Å². The molecule has 0 bridgehead atoms. The van der Waals surface area contributed by atoms with Crippen molar-refractivity contribution in [2.45, 2.75) is 39.2 Å². The number of nitrogens with one attached hydrogen (secondary N) is 1. The van der Waals surface area contributed by atoms with Gasteiger partial charge in [0.15, 0.2) is 11.5 Å². The summed E-state index contributed by atoms with van der Waals surface area (Å²) in [5, 5.41) is 3.48. The van der Waals surface area contributed by atoms with Crippen molar-refractivity contribution in [1.29, 1.82) is 0 Å². The Morgan fingerprint density at radius 2 is 2.00 bits per heavy atom. The maximum Gasteiger partial charge on any atom is 0.161 e. The van der Waals surface area contributed by atoms with E-state index in [1.165, 1.54) is 5.56 Å². The first-order chi connectivity index (χ1) is 10.3. The number of rotatable bonds is 8. The highest BCUT2D eigenvalue weighted by Gasteiger charge is 2.16. The van der Waals surface area contributed by atoms with Gasteiger partial charge in [0.25, 0.3) is 0 Å². The molecule has 2 rings (SSSR count). The standard InChI is InChI=1S/C17H27NO3/c1-3-5-9-19-13-15(18-4-2)14-7-8-16-17(12-14)21-11-6-10-20-16/h7-8,12,15,18H,3-6,9-11,13H2,1-2H3. The van der Waals surface area contributed by atoms with Crippen molar-refractivity contribution >= 4 is 0 Å². The van der Waals surface area contributed by atoms with Crippen LogP contribution in [0.2, 0.25) is 0 Å². The molecule has 0 amide bonds. The summed E-state index contributed by atoms with van der Waals surface area (Å²) in [5.74, 6) is 1.69. The molecule has 1 aliphatic heterocycles. The number of fused-ring (bicyclic) bond motifs is 1. The molecule has 1 N–H and O–H groups in total. The fraction of sp³-hybridized carbons (Fsp3) is 0.647. The quantitative estimate of drug-likeness (QED) is 0.746. The highest BCUT2D eigenvalue weighted by Crippen LogP contribution is 2.32. The molecule has 1 atom stereocenters. The molecule has 0 saturated carbocycles. The molecular formula is C17H27NO3. The second kappa shape index (κ2) is 8.90. The van der Waals surface area contributed by atoms with E-state index >= 15 is 0 Å². The maximum atomic E-state index is 5.78. The van der Waals surface area contributed by atoms with Gasteiger partial charge in [-0.25, -0.2) is 0 Å². The van der Waals surface area contributed by atoms with Gasteiger partial charge in [-0.05, 0) is 30.7 Å². The molecule has 0 fully saturated rings. The number of likely N-dealkylation sites (N-methyl/N-ethyl adjacent to an activating group) is 1. The van der Waals surface area contributed by atoms with Gasteiger partial charge in [0.2, 0.25) is 0 Å². The number of ether oxygens (including phenoxy) is 3. The summed E-state index contributed by atoms with van der Waals surface area (Å²) < 4.78 is 17.2. The first-order valence-electron chi connectivity index (χ1n) is 8.05. The Morgan fingerprint density at radius 1 is 1.19 bits per heavy atom. The lowest BCUT2D eigenvalue weighted by Gasteiger charge is -2.20. The molecule has 0 aliphatic carbocycles. The third-order valence-corrected chi connectivity index (χ3v) is 3.55. The van der Waals surface area contributed by atoms with Crippen molar-refractivity contribution in [3.8, 4) is 11.5 Å². The highest BCUT2D eigenvalue weighted by atomic mass is 16.5. The number of unbranched alkanes of at least 4 members (excludes halogenated alkanes) is 1. The van der Waals surface area contributed by atoms with Crippen LogP contribution in [0.5, 0.6) is 11.5 Å². The third kappa shape index (κ3) is 4.90. The van der Waals surface area contributed by atoms with E-state index < -0.39 is 0 Å². The van der Waals surface area contributed by atoms with Crippen molar-refractivity contribution in [3.05, 3.63) is 23.8 Å². The molecule has 0 aromatic heterocycles. The Hall–Kier alpha value is -1.26. The van der Waals surface area contributed by atoms with Crippen LogP contribution in [0.25, 0.3) is 0 Å². The first-order valence-corrected chi connectivity index (χ1v) is 8.05. The lowest BCUT2D eigenvalue weighted by molar-refractivity contribution is 0.109. The fourth-order valence-corrected chi connectivity index (χ4v) is 2.36. The summed E-state index contributed by atoms with van der Waals surface area (Å²) in [7, 11) is 0. The van der Waals surface area contributed by atoms with E-state index in [1.807, 2.05) is 6.07 Å². The fourth-order valence-electron chi connectivity index (χ4n) is 2.36. The summed E-state index contributed by atoms with van der Waals surface area (Å²) in [6.45, 7) is 8.15. The SMILES string of the molecule is CCCCOCC(NCC)c1ccc2c(c1)OCCCO2. The van der Waals surface area contributed by atoms with E-state index in [1.54, 1.807) is 0 Å². The molecule has 118 valence electrons. The summed E-state index contributed by atoms with van der Waals surface area (Å²) in [4.78, 5) is 0. The van der Waals surface area contributed by atoms with Crippen molar-refractivity contribution < 1.29 is 14.2 Å². The van der Waals surface area contributed by atoms with Gasteiger partial charge in [-0.3, -0.25) is 0 Å². The van der Waals surface area contributed by atoms with Crippen LogP contribution in [0.1, 0.15) is 44.7 Å². The molecule has 1 aliphatic rings. The minimum atomic E-state index is 0.198. The van der Waals surface area contributed by atoms with Gasteiger partial charge in [0.1, 0.15) is 0 Å². The summed E-state index contributed by atoms with van der Waals surface area (Å²) in [6, 6.07) is 6.39. The molecule has 4 heteroatoms. The average molecular weight is 293 g/mol. The molecule has 21 heavy (non-hydrogen) atoms. The van der Waals surface area contributed by atoms with Crippen LogP contribution >= 0.6 is 0 Å². The molecule has 1 aromatic carbocycles. The average Bonchev–Trinajstić information content (AvgIpc) is 2.75. The third-order valence-electron chi connectivity index (χ3n) is 3.55. The Bertz CT molecular complexity index is 422. The largest absolute Gasteiger partial charge is 0.490 e. The molecule has 1 unspecified atom stereocenters. The Kier molecular flexibility index (Phi) is 6.83. The van der Waals surface area contributed by atoms with Crippen LogP contribution in [0.3, 0.4) is 0 Å². The lowest BCUT2D eigenvalue weighted by Crippen LogP contribution is -2.25. The van der Waals surface area contributed by atoms with Crippen LogP contribution in [0.15, 0.2) is 18.2 Å². The highest BCUT2D eigenvalue weighted by molar-refractivity contribution is 5.44. The topological polar surface area (TPSA) is 39.7 Å². The molecular weight excluding hydrogens is 266 g/mol. The predicted octanol–water partition coefficient (Wildman–Crippen LogP) is 3.32. The van der Waals surface area contributed by atoms with Gasteiger partial charge < -0.3 is 19.5 Å². The lowest BCUT2D eigenvalue weighted by atomic mass is 10.1. The van der Waals surface area contributed by atoms with Crippen LogP contribution in [-0.2, 0) is 4.74 Å². The van der Waals surface area contributed by atoms with Crippen molar-refractivity contribution in [2.75, 3.05) is 33.0 Å². The molecule has 0 radical (unpaired) electrons. The normalized spacial score (nSPS) is 15.5. The number of benzene rings is 1. The molecule has 4 nitrogen and oxygen atoms in total. The van der Waals surface area contributed by atoms with Gasteiger partial charge in [0.05, 0.1) is 25.9 Å². The Morgan fingerprint density at radius 3 is 2.76 bits per heavy atom. The van der Waals surface area contributed by atoms with Crippen molar-refractivity contribution in [2.24, 2.45) is 0 Å². The van der Waals surface area contributed by atoms with Crippen molar-refractivity contribution in [3.63, 3.8) is 0 Å². The van der Waals surface area contributed by atoms with Gasteiger partial charge in [0, 0.05) is 13.0 Å². The van der Waals surface area contributed by atoms with Crippen LogP contribution in [0.4, 0.5) is 0 Å². The number of hydrogen-bond donors (Lipinski definition) is 1. The van der Waals surface area contributed by atoms with Crippen LogP contribution < -0.4 is 14.8 Å². The van der Waals surface area contributed by atoms with Gasteiger partial charge in [-0.2, -0.15) is 0 Å². The van der Waals surface area contributed by atoms with E-state index in [4.69, 9.17) is 14.2 Å². The molecule has 1 heterocycles. The zero-order valence-corrected chi connectivity index (χ0v) is 13.2. The summed E-state index contributed by atoms with van der Waals surface area (Å²) in [5.41, 5.74) is 1.19. The van der Waals surface area contributed by atoms with E-state index in [0.717, 1.165) is 57.1 Å². The van der Waals surface area contributed by atoms with Crippen LogP contribution in [0, 0.1) is 0 Å². The number of hydrogen-bond acceptors (Lipinski definition) is 4. The second-order valence-electron chi connectivity index (χ2n) is 5.30. The smallest absolute Gasteiger partial charge is 0.161 e. The van der Waals surface area contributed by atoms with E-state index in [-0.39, 0.29) is 6.04 Å². The Balaban J connectivity index is 2.03.